The van der Waals surface area contributed by atoms with Gasteiger partial charge in [0.1, 0.15) is 0 Å². The summed E-state index contributed by atoms with van der Waals surface area (Å²) in [6.07, 6.45) is 3.80. The fourth-order valence-corrected chi connectivity index (χ4v) is 2.11. The van der Waals surface area contributed by atoms with Crippen molar-refractivity contribution in [2.75, 3.05) is 5.73 Å². The minimum Gasteiger partial charge on any atom is -0.398 e. The summed E-state index contributed by atoms with van der Waals surface area (Å²) in [7, 11) is 0. The van der Waals surface area contributed by atoms with Gasteiger partial charge in [-0.05, 0) is 12.5 Å². The normalized spacial score (nSPS) is 10.7. The molecule has 2 rings (SSSR count). The minimum absolute atomic E-state index is 0.131. The molecule has 2 heterocycles. The lowest BCUT2D eigenvalue weighted by Crippen LogP contribution is -2.40. The van der Waals surface area contributed by atoms with Crippen LogP contribution in [0.2, 0.25) is 0 Å². The lowest BCUT2D eigenvalue weighted by atomic mass is 10.4. The highest BCUT2D eigenvalue weighted by Gasteiger charge is 2.05. The Hall–Kier alpha value is -2.57. The Labute approximate surface area is 120 Å². The van der Waals surface area contributed by atoms with Crippen molar-refractivity contribution in [2.24, 2.45) is 0 Å². The second-order valence-corrected chi connectivity index (χ2v) is 4.78. The molecule has 0 aliphatic rings. The van der Waals surface area contributed by atoms with E-state index in [9.17, 15) is 14.4 Å². The van der Waals surface area contributed by atoms with Crippen molar-refractivity contribution in [1.82, 2.24) is 13.7 Å². The zero-order valence-electron chi connectivity index (χ0n) is 11.9. The quantitative estimate of drug-likeness (QED) is 0.830. The molecule has 112 valence electrons. The van der Waals surface area contributed by atoms with Crippen molar-refractivity contribution in [1.29, 1.82) is 0 Å². The van der Waals surface area contributed by atoms with Crippen LogP contribution >= 0.6 is 0 Å². The molecule has 0 radical (unpaired) electrons. The highest BCUT2D eigenvalue weighted by molar-refractivity contribution is 5.33. The molecule has 0 unspecified atom stereocenters. The van der Waals surface area contributed by atoms with Gasteiger partial charge in [0.15, 0.2) is 0 Å². The van der Waals surface area contributed by atoms with E-state index in [1.807, 2.05) is 6.92 Å². The first-order chi connectivity index (χ1) is 10.0. The summed E-state index contributed by atoms with van der Waals surface area (Å²) in [5, 5.41) is 0. The number of anilines is 1. The highest BCUT2D eigenvalue weighted by atomic mass is 16.2. The van der Waals surface area contributed by atoms with Crippen LogP contribution in [0.3, 0.4) is 0 Å². The lowest BCUT2D eigenvalue weighted by molar-refractivity contribution is 0.499. The molecule has 0 aromatic carbocycles. The van der Waals surface area contributed by atoms with E-state index < -0.39 is 0 Å². The van der Waals surface area contributed by atoms with Gasteiger partial charge in [-0.25, -0.2) is 4.79 Å². The van der Waals surface area contributed by atoms with Gasteiger partial charge in [-0.3, -0.25) is 14.2 Å². The van der Waals surface area contributed by atoms with Gasteiger partial charge in [-0.2, -0.15) is 0 Å². The van der Waals surface area contributed by atoms with Gasteiger partial charge in [-0.1, -0.05) is 6.92 Å². The summed E-state index contributed by atoms with van der Waals surface area (Å²) in [5.74, 6) is 0. The summed E-state index contributed by atoms with van der Waals surface area (Å²) < 4.78 is 4.01. The fraction of sp³-hybridized carbons (Fsp3) is 0.357. The van der Waals surface area contributed by atoms with Crippen molar-refractivity contribution < 1.29 is 0 Å². The Bertz CT molecular complexity index is 801. The number of nitrogens with two attached hydrogens (primary N) is 1. The first-order valence-corrected chi connectivity index (χ1v) is 6.79. The van der Waals surface area contributed by atoms with Crippen LogP contribution in [0.4, 0.5) is 5.69 Å². The Kier molecular flexibility index (Phi) is 4.42. The van der Waals surface area contributed by atoms with Crippen molar-refractivity contribution in [3.8, 4) is 0 Å². The Morgan fingerprint density at radius 3 is 2.43 bits per heavy atom. The van der Waals surface area contributed by atoms with E-state index in [-0.39, 0.29) is 29.9 Å². The topological polar surface area (TPSA) is 92.0 Å². The van der Waals surface area contributed by atoms with Crippen molar-refractivity contribution in [3.63, 3.8) is 0 Å². The Balaban J connectivity index is 2.30. The molecule has 0 fully saturated rings. The third kappa shape index (κ3) is 3.31. The summed E-state index contributed by atoms with van der Waals surface area (Å²) in [6, 6.07) is 4.24. The standard InChI is InChI=1S/C14H18N4O3/c1-2-6-16-7-5-13(20)18(14(16)21)9-8-17-10-11(15)3-4-12(17)19/h3-5,7,10H,2,6,8-9,15H2,1H3. The van der Waals surface area contributed by atoms with Crippen LogP contribution in [0.15, 0.2) is 45.0 Å². The molecule has 0 spiro atoms. The van der Waals surface area contributed by atoms with Gasteiger partial charge in [0.2, 0.25) is 0 Å². The number of hydrogen-bond acceptors (Lipinski definition) is 4. The molecule has 0 amide bonds. The van der Waals surface area contributed by atoms with Gasteiger partial charge >= 0.3 is 5.69 Å². The zero-order chi connectivity index (χ0) is 15.4. The smallest absolute Gasteiger partial charge is 0.331 e. The number of pyridine rings is 1. The number of rotatable bonds is 5. The average molecular weight is 290 g/mol. The number of hydrogen-bond donors (Lipinski definition) is 1. The molecule has 2 N–H and O–H groups in total. The van der Waals surface area contributed by atoms with E-state index in [1.54, 1.807) is 0 Å². The predicted octanol–water partition coefficient (Wildman–Crippen LogP) is -0.136. The van der Waals surface area contributed by atoms with Crippen LogP contribution < -0.4 is 22.5 Å². The van der Waals surface area contributed by atoms with Crippen molar-refractivity contribution >= 4 is 5.69 Å². The van der Waals surface area contributed by atoms with Crippen LogP contribution in [-0.4, -0.2) is 13.7 Å². The van der Waals surface area contributed by atoms with Gasteiger partial charge in [0.25, 0.3) is 11.1 Å². The molecule has 2 aromatic heterocycles. The number of aromatic nitrogens is 3. The molecule has 0 saturated heterocycles. The largest absolute Gasteiger partial charge is 0.398 e. The average Bonchev–Trinajstić information content (AvgIpc) is 2.45. The molecule has 0 saturated carbocycles. The molecule has 0 bridgehead atoms. The SMILES string of the molecule is CCCn1ccc(=O)n(CCn2cc(N)ccc2=O)c1=O. The lowest BCUT2D eigenvalue weighted by Gasteiger charge is -2.10. The van der Waals surface area contributed by atoms with Gasteiger partial charge in [-0.15, -0.1) is 0 Å². The van der Waals surface area contributed by atoms with Crippen molar-refractivity contribution in [2.45, 2.75) is 33.0 Å². The van der Waals surface area contributed by atoms with Gasteiger partial charge in [0.05, 0.1) is 0 Å². The first kappa shape index (κ1) is 14.8. The third-order valence-corrected chi connectivity index (χ3v) is 3.18. The molecule has 0 atom stereocenters. The van der Waals surface area contributed by atoms with E-state index in [4.69, 9.17) is 5.73 Å². The minimum atomic E-state index is -0.371. The molecule has 7 heteroatoms. The second kappa shape index (κ2) is 6.25. The summed E-state index contributed by atoms with van der Waals surface area (Å²) in [5.41, 5.74) is 5.13. The van der Waals surface area contributed by atoms with Crippen LogP contribution in [0.5, 0.6) is 0 Å². The molecule has 7 nitrogen and oxygen atoms in total. The van der Waals surface area contributed by atoms with Gasteiger partial charge < -0.3 is 14.9 Å². The highest BCUT2D eigenvalue weighted by Crippen LogP contribution is 1.95. The van der Waals surface area contributed by atoms with E-state index >= 15 is 0 Å². The van der Waals surface area contributed by atoms with Crippen LogP contribution in [0.25, 0.3) is 0 Å². The molecular formula is C14H18N4O3. The van der Waals surface area contributed by atoms with E-state index in [0.29, 0.717) is 12.2 Å². The third-order valence-electron chi connectivity index (χ3n) is 3.18. The Morgan fingerprint density at radius 2 is 1.71 bits per heavy atom. The van der Waals surface area contributed by atoms with E-state index in [2.05, 4.69) is 0 Å². The maximum atomic E-state index is 12.2. The Morgan fingerprint density at radius 1 is 0.952 bits per heavy atom. The second-order valence-electron chi connectivity index (χ2n) is 4.78. The molecule has 2 aromatic rings. The van der Waals surface area contributed by atoms with Crippen LogP contribution in [0, 0.1) is 0 Å². The number of aryl methyl sites for hydroxylation is 2. The van der Waals surface area contributed by atoms with Crippen LogP contribution in [-0.2, 0) is 19.6 Å². The van der Waals surface area contributed by atoms with Crippen molar-refractivity contribution in [3.05, 3.63) is 61.8 Å². The summed E-state index contributed by atoms with van der Waals surface area (Å²) in [6.45, 7) is 2.85. The van der Waals surface area contributed by atoms with E-state index in [0.717, 1.165) is 11.0 Å². The molecule has 0 aliphatic heterocycles. The monoisotopic (exact) mass is 290 g/mol. The first-order valence-electron chi connectivity index (χ1n) is 6.79. The van der Waals surface area contributed by atoms with Crippen LogP contribution in [0.1, 0.15) is 13.3 Å². The molecule has 21 heavy (non-hydrogen) atoms. The molecule has 0 aliphatic carbocycles. The zero-order valence-corrected chi connectivity index (χ0v) is 11.9. The fourth-order valence-electron chi connectivity index (χ4n) is 2.11. The summed E-state index contributed by atoms with van der Waals surface area (Å²) in [4.78, 5) is 35.6. The maximum Gasteiger partial charge on any atom is 0.331 e. The predicted molar refractivity (Wildman–Crippen MR) is 80.4 cm³/mol. The summed E-state index contributed by atoms with van der Waals surface area (Å²) >= 11 is 0. The maximum absolute atomic E-state index is 12.2. The van der Waals surface area contributed by atoms with Gasteiger partial charge in [0, 0.05) is 49.8 Å². The molecular weight excluding hydrogens is 272 g/mol. The van der Waals surface area contributed by atoms with E-state index in [1.165, 1.54) is 39.7 Å². The number of nitrogen functional groups attached to an aromatic ring is 1. The number of nitrogens with zero attached hydrogens (tertiary/aromatic N) is 3.